The normalized spacial score (nSPS) is 12.1. The van der Waals surface area contributed by atoms with Crippen LogP contribution in [0.15, 0.2) is 30.3 Å². The largest absolute Gasteiger partial charge is 0.463 e. The number of esters is 1. The quantitative estimate of drug-likeness (QED) is 0.528. The van der Waals surface area contributed by atoms with Crippen LogP contribution in [0.4, 0.5) is 0 Å². The first kappa shape index (κ1) is 16.7. The summed E-state index contributed by atoms with van der Waals surface area (Å²) in [5, 5.41) is 0. The van der Waals surface area contributed by atoms with Gasteiger partial charge in [-0.3, -0.25) is 4.79 Å². The molecule has 1 aromatic rings. The highest BCUT2D eigenvalue weighted by molar-refractivity contribution is 5.69. The summed E-state index contributed by atoms with van der Waals surface area (Å²) in [4.78, 5) is 11.5. The number of unbranched alkanes of at least 4 members (excludes halogenated alkanes) is 1. The lowest BCUT2D eigenvalue weighted by Gasteiger charge is -2.11. The Balaban J connectivity index is 2.08. The van der Waals surface area contributed by atoms with Crippen molar-refractivity contribution in [1.29, 1.82) is 0 Å². The number of carbonyl (C=O) groups is 1. The van der Waals surface area contributed by atoms with Crippen molar-refractivity contribution in [1.82, 2.24) is 0 Å². The fourth-order valence-corrected chi connectivity index (χ4v) is 1.78. The molecule has 0 aromatic heterocycles. The SMILES string of the molecule is CCCCOCCOC(=O)CCC(N)c1ccccc1. The van der Waals surface area contributed by atoms with Gasteiger partial charge in [0.2, 0.25) is 0 Å². The van der Waals surface area contributed by atoms with Crippen LogP contribution in [0.25, 0.3) is 0 Å². The summed E-state index contributed by atoms with van der Waals surface area (Å²) < 4.78 is 10.4. The van der Waals surface area contributed by atoms with Gasteiger partial charge in [0.15, 0.2) is 0 Å². The molecule has 0 saturated carbocycles. The first-order chi connectivity index (χ1) is 9.74. The molecule has 0 heterocycles. The molecule has 0 saturated heterocycles. The summed E-state index contributed by atoms with van der Waals surface area (Å²) in [6, 6.07) is 9.66. The number of carbonyl (C=O) groups excluding carboxylic acids is 1. The van der Waals surface area contributed by atoms with Crippen LogP contribution >= 0.6 is 0 Å². The fourth-order valence-electron chi connectivity index (χ4n) is 1.78. The van der Waals surface area contributed by atoms with Crippen LogP contribution in [0.5, 0.6) is 0 Å². The molecular weight excluding hydrogens is 254 g/mol. The predicted octanol–water partition coefficient (Wildman–Crippen LogP) is 2.83. The van der Waals surface area contributed by atoms with E-state index in [4.69, 9.17) is 15.2 Å². The molecule has 2 N–H and O–H groups in total. The van der Waals surface area contributed by atoms with Gasteiger partial charge in [0, 0.05) is 19.1 Å². The van der Waals surface area contributed by atoms with Gasteiger partial charge in [-0.15, -0.1) is 0 Å². The maximum atomic E-state index is 11.5. The zero-order chi connectivity index (χ0) is 14.6. The van der Waals surface area contributed by atoms with Crippen molar-refractivity contribution >= 4 is 5.97 Å². The van der Waals surface area contributed by atoms with E-state index < -0.39 is 0 Å². The molecule has 1 aromatic carbocycles. The number of hydrogen-bond acceptors (Lipinski definition) is 4. The van der Waals surface area contributed by atoms with E-state index in [2.05, 4.69) is 6.92 Å². The minimum atomic E-state index is -0.213. The molecule has 1 atom stereocenters. The van der Waals surface area contributed by atoms with Crippen molar-refractivity contribution < 1.29 is 14.3 Å². The molecule has 1 unspecified atom stereocenters. The van der Waals surface area contributed by atoms with E-state index in [0.29, 0.717) is 26.1 Å². The Labute approximate surface area is 121 Å². The minimum absolute atomic E-state index is 0.121. The second-order valence-corrected chi connectivity index (χ2v) is 4.74. The lowest BCUT2D eigenvalue weighted by atomic mass is 10.0. The van der Waals surface area contributed by atoms with Crippen LogP contribution in [0.1, 0.15) is 44.2 Å². The molecule has 0 aliphatic carbocycles. The van der Waals surface area contributed by atoms with Crippen molar-refractivity contribution in [3.05, 3.63) is 35.9 Å². The van der Waals surface area contributed by atoms with Gasteiger partial charge in [-0.2, -0.15) is 0 Å². The molecule has 0 spiro atoms. The van der Waals surface area contributed by atoms with Crippen LogP contribution in [-0.2, 0) is 14.3 Å². The maximum Gasteiger partial charge on any atom is 0.305 e. The Bertz CT molecular complexity index is 367. The van der Waals surface area contributed by atoms with Gasteiger partial charge >= 0.3 is 5.97 Å². The molecule has 4 heteroatoms. The summed E-state index contributed by atoms with van der Waals surface area (Å²) in [5.74, 6) is -0.213. The maximum absolute atomic E-state index is 11.5. The molecule has 0 bridgehead atoms. The standard InChI is InChI=1S/C16H25NO3/c1-2-3-11-19-12-13-20-16(18)10-9-15(17)14-7-5-4-6-8-14/h4-8,15H,2-3,9-13,17H2,1H3. The highest BCUT2D eigenvalue weighted by atomic mass is 16.6. The summed E-state index contributed by atoms with van der Waals surface area (Å²) in [6.45, 7) is 3.63. The van der Waals surface area contributed by atoms with E-state index in [9.17, 15) is 4.79 Å². The van der Waals surface area contributed by atoms with Crippen LogP contribution in [0, 0.1) is 0 Å². The Morgan fingerprint density at radius 2 is 1.95 bits per heavy atom. The molecule has 0 amide bonds. The Hall–Kier alpha value is -1.39. The van der Waals surface area contributed by atoms with Gasteiger partial charge in [0.1, 0.15) is 6.61 Å². The summed E-state index contributed by atoms with van der Waals surface area (Å²) in [6.07, 6.45) is 3.08. The Kier molecular flexibility index (Phi) is 8.67. The molecular formula is C16H25NO3. The monoisotopic (exact) mass is 279 g/mol. The lowest BCUT2D eigenvalue weighted by molar-refractivity contribution is -0.145. The second-order valence-electron chi connectivity index (χ2n) is 4.74. The first-order valence-electron chi connectivity index (χ1n) is 7.28. The van der Waals surface area contributed by atoms with Crippen molar-refractivity contribution in [2.24, 2.45) is 5.73 Å². The fraction of sp³-hybridized carbons (Fsp3) is 0.562. The van der Waals surface area contributed by atoms with Crippen molar-refractivity contribution in [2.45, 2.75) is 38.6 Å². The van der Waals surface area contributed by atoms with E-state index in [1.54, 1.807) is 0 Å². The Morgan fingerprint density at radius 1 is 1.20 bits per heavy atom. The van der Waals surface area contributed by atoms with Gasteiger partial charge < -0.3 is 15.2 Å². The molecule has 0 aliphatic rings. The van der Waals surface area contributed by atoms with Gasteiger partial charge in [0.05, 0.1) is 6.61 Å². The number of hydrogen-bond donors (Lipinski definition) is 1. The van der Waals surface area contributed by atoms with Crippen LogP contribution < -0.4 is 5.73 Å². The third-order valence-electron chi connectivity index (χ3n) is 3.02. The van der Waals surface area contributed by atoms with E-state index >= 15 is 0 Å². The second kappa shape index (κ2) is 10.4. The minimum Gasteiger partial charge on any atom is -0.463 e. The number of ether oxygens (including phenoxy) is 2. The van der Waals surface area contributed by atoms with E-state index in [-0.39, 0.29) is 12.0 Å². The van der Waals surface area contributed by atoms with Gasteiger partial charge in [-0.1, -0.05) is 43.7 Å². The highest BCUT2D eigenvalue weighted by Crippen LogP contribution is 2.15. The molecule has 112 valence electrons. The van der Waals surface area contributed by atoms with Crippen molar-refractivity contribution in [3.8, 4) is 0 Å². The molecule has 20 heavy (non-hydrogen) atoms. The zero-order valence-corrected chi connectivity index (χ0v) is 12.2. The predicted molar refractivity (Wildman–Crippen MR) is 79.3 cm³/mol. The van der Waals surface area contributed by atoms with E-state index in [1.165, 1.54) is 0 Å². The van der Waals surface area contributed by atoms with Gasteiger partial charge in [0.25, 0.3) is 0 Å². The van der Waals surface area contributed by atoms with Crippen molar-refractivity contribution in [2.75, 3.05) is 19.8 Å². The van der Waals surface area contributed by atoms with Gasteiger partial charge in [-0.25, -0.2) is 0 Å². The van der Waals surface area contributed by atoms with Crippen LogP contribution in [0.2, 0.25) is 0 Å². The summed E-state index contributed by atoms with van der Waals surface area (Å²) >= 11 is 0. The summed E-state index contributed by atoms with van der Waals surface area (Å²) in [7, 11) is 0. The molecule has 0 radical (unpaired) electrons. The third-order valence-corrected chi connectivity index (χ3v) is 3.02. The number of nitrogens with two attached hydrogens (primary N) is 1. The number of rotatable bonds is 10. The van der Waals surface area contributed by atoms with Gasteiger partial charge in [-0.05, 0) is 18.4 Å². The van der Waals surface area contributed by atoms with E-state index in [1.807, 2.05) is 30.3 Å². The molecule has 4 nitrogen and oxygen atoms in total. The van der Waals surface area contributed by atoms with Crippen molar-refractivity contribution in [3.63, 3.8) is 0 Å². The van der Waals surface area contributed by atoms with E-state index in [0.717, 1.165) is 25.0 Å². The smallest absolute Gasteiger partial charge is 0.305 e. The highest BCUT2D eigenvalue weighted by Gasteiger charge is 2.09. The average molecular weight is 279 g/mol. The van der Waals surface area contributed by atoms with Crippen LogP contribution in [-0.4, -0.2) is 25.8 Å². The zero-order valence-electron chi connectivity index (χ0n) is 12.2. The molecule has 0 aliphatic heterocycles. The topological polar surface area (TPSA) is 61.5 Å². The molecule has 0 fully saturated rings. The van der Waals surface area contributed by atoms with Crippen LogP contribution in [0.3, 0.4) is 0 Å². The first-order valence-corrected chi connectivity index (χ1v) is 7.28. The third kappa shape index (κ3) is 7.26. The lowest BCUT2D eigenvalue weighted by Crippen LogP contribution is -2.15. The summed E-state index contributed by atoms with van der Waals surface area (Å²) in [5.41, 5.74) is 7.07. The number of benzene rings is 1. The average Bonchev–Trinajstić information content (AvgIpc) is 2.49. The molecule has 1 rings (SSSR count). The Morgan fingerprint density at radius 3 is 2.65 bits per heavy atom.